The Kier molecular flexibility index (Phi) is 4.55. The van der Waals surface area contributed by atoms with E-state index in [4.69, 9.17) is 5.73 Å². The van der Waals surface area contributed by atoms with Crippen LogP contribution in [0.25, 0.3) is 0 Å². The summed E-state index contributed by atoms with van der Waals surface area (Å²) in [5.74, 6) is 2.40. The number of rotatable bonds is 4. The molecule has 1 heterocycles. The molecule has 2 heteroatoms. The first-order chi connectivity index (χ1) is 8.33. The fourth-order valence-electron chi connectivity index (χ4n) is 3.18. The molecule has 1 saturated carbocycles. The van der Waals surface area contributed by atoms with Crippen molar-refractivity contribution in [3.63, 3.8) is 0 Å². The summed E-state index contributed by atoms with van der Waals surface area (Å²) in [5.41, 5.74) is 7.29. The molecule has 3 unspecified atom stereocenters. The minimum atomic E-state index is 0.720. The van der Waals surface area contributed by atoms with Crippen molar-refractivity contribution in [2.24, 2.45) is 23.5 Å². The van der Waals surface area contributed by atoms with Gasteiger partial charge in [0.2, 0.25) is 0 Å². The minimum absolute atomic E-state index is 0.720. The van der Waals surface area contributed by atoms with E-state index in [1.807, 2.05) is 18.5 Å². The van der Waals surface area contributed by atoms with E-state index in [0.717, 1.165) is 30.7 Å². The van der Waals surface area contributed by atoms with Crippen LogP contribution in [0.15, 0.2) is 24.5 Å². The van der Waals surface area contributed by atoms with Gasteiger partial charge in [-0.05, 0) is 55.2 Å². The average molecular weight is 232 g/mol. The smallest absolute Gasteiger partial charge is 0.0299 e. The Bertz CT molecular complexity index is 323. The van der Waals surface area contributed by atoms with Gasteiger partial charge in [-0.3, -0.25) is 4.98 Å². The van der Waals surface area contributed by atoms with E-state index in [1.165, 1.54) is 31.2 Å². The van der Waals surface area contributed by atoms with Gasteiger partial charge in [0.15, 0.2) is 0 Å². The molecule has 0 bridgehead atoms. The third kappa shape index (κ3) is 3.29. The highest BCUT2D eigenvalue weighted by molar-refractivity contribution is 5.10. The fourth-order valence-corrected chi connectivity index (χ4v) is 3.18. The van der Waals surface area contributed by atoms with Crippen molar-refractivity contribution in [2.75, 3.05) is 6.54 Å². The zero-order chi connectivity index (χ0) is 12.1. The van der Waals surface area contributed by atoms with Gasteiger partial charge in [0.1, 0.15) is 0 Å². The van der Waals surface area contributed by atoms with Crippen molar-refractivity contribution >= 4 is 0 Å². The van der Waals surface area contributed by atoms with Crippen molar-refractivity contribution in [3.8, 4) is 0 Å². The largest absolute Gasteiger partial charge is 0.330 e. The first-order valence-corrected chi connectivity index (χ1v) is 6.92. The summed E-state index contributed by atoms with van der Waals surface area (Å²) in [4.78, 5) is 4.21. The number of nitrogens with two attached hydrogens (primary N) is 1. The summed E-state index contributed by atoms with van der Waals surface area (Å²) in [6.07, 6.45) is 10.4. The van der Waals surface area contributed by atoms with Crippen molar-refractivity contribution in [1.29, 1.82) is 0 Å². The Morgan fingerprint density at radius 2 is 2.24 bits per heavy atom. The minimum Gasteiger partial charge on any atom is -0.330 e. The molecule has 2 rings (SSSR count). The summed E-state index contributed by atoms with van der Waals surface area (Å²) in [7, 11) is 0. The number of hydrogen-bond donors (Lipinski definition) is 1. The van der Waals surface area contributed by atoms with Gasteiger partial charge >= 0.3 is 0 Å². The van der Waals surface area contributed by atoms with Crippen LogP contribution < -0.4 is 5.73 Å². The number of pyridine rings is 1. The maximum absolute atomic E-state index is 5.92. The molecule has 0 amide bonds. The van der Waals surface area contributed by atoms with Crippen LogP contribution in [0.4, 0.5) is 0 Å². The molecule has 0 saturated heterocycles. The van der Waals surface area contributed by atoms with Gasteiger partial charge in [0, 0.05) is 12.4 Å². The van der Waals surface area contributed by atoms with Gasteiger partial charge < -0.3 is 5.73 Å². The highest BCUT2D eigenvalue weighted by atomic mass is 14.6. The Labute approximate surface area is 105 Å². The molecule has 2 N–H and O–H groups in total. The van der Waals surface area contributed by atoms with Gasteiger partial charge in [-0.2, -0.15) is 0 Å². The molecule has 1 aromatic heterocycles. The van der Waals surface area contributed by atoms with Crippen LogP contribution in [-0.2, 0) is 6.42 Å². The van der Waals surface area contributed by atoms with Gasteiger partial charge in [0.25, 0.3) is 0 Å². The van der Waals surface area contributed by atoms with E-state index in [-0.39, 0.29) is 0 Å². The highest BCUT2D eigenvalue weighted by Gasteiger charge is 2.28. The fraction of sp³-hybridized carbons (Fsp3) is 0.667. The second-order valence-corrected chi connectivity index (χ2v) is 5.41. The van der Waals surface area contributed by atoms with E-state index in [0.29, 0.717) is 0 Å². The molecular formula is C15H24N2. The van der Waals surface area contributed by atoms with Crippen LogP contribution in [0.5, 0.6) is 0 Å². The van der Waals surface area contributed by atoms with Crippen LogP contribution in [0, 0.1) is 17.8 Å². The Hall–Kier alpha value is -0.890. The predicted octanol–water partition coefficient (Wildman–Crippen LogP) is 3.03. The highest BCUT2D eigenvalue weighted by Crippen LogP contribution is 2.36. The molecule has 17 heavy (non-hydrogen) atoms. The van der Waals surface area contributed by atoms with E-state index < -0.39 is 0 Å². The summed E-state index contributed by atoms with van der Waals surface area (Å²) in [6.45, 7) is 3.16. The zero-order valence-corrected chi connectivity index (χ0v) is 10.8. The van der Waals surface area contributed by atoms with Crippen LogP contribution in [-0.4, -0.2) is 11.5 Å². The summed E-state index contributed by atoms with van der Waals surface area (Å²) >= 11 is 0. The first kappa shape index (κ1) is 12.6. The summed E-state index contributed by atoms with van der Waals surface area (Å²) in [5, 5.41) is 0. The van der Waals surface area contributed by atoms with E-state index in [1.54, 1.807) is 0 Å². The standard InChI is InChI=1S/C15H24N2/c1-2-12-5-6-14(10-16)15(8-12)9-13-4-3-7-17-11-13/h3-4,7,11-12,14-15H,2,5-6,8-10,16H2,1H3. The van der Waals surface area contributed by atoms with Gasteiger partial charge in [0.05, 0.1) is 0 Å². The molecule has 0 spiro atoms. The quantitative estimate of drug-likeness (QED) is 0.866. The topological polar surface area (TPSA) is 38.9 Å². The van der Waals surface area contributed by atoms with Crippen LogP contribution in [0.1, 0.15) is 38.2 Å². The molecule has 0 aromatic carbocycles. The lowest BCUT2D eigenvalue weighted by Gasteiger charge is -2.35. The summed E-state index contributed by atoms with van der Waals surface area (Å²) < 4.78 is 0. The lowest BCUT2D eigenvalue weighted by Crippen LogP contribution is -2.31. The monoisotopic (exact) mass is 232 g/mol. The maximum Gasteiger partial charge on any atom is 0.0299 e. The molecule has 1 aliphatic carbocycles. The number of nitrogens with zero attached hydrogens (tertiary/aromatic N) is 1. The third-order valence-electron chi connectivity index (χ3n) is 4.35. The molecule has 2 nitrogen and oxygen atoms in total. The third-order valence-corrected chi connectivity index (χ3v) is 4.35. The molecule has 3 atom stereocenters. The van der Waals surface area contributed by atoms with Gasteiger partial charge in [-0.25, -0.2) is 0 Å². The lowest BCUT2D eigenvalue weighted by atomic mass is 9.71. The van der Waals surface area contributed by atoms with Crippen molar-refractivity contribution in [2.45, 2.75) is 39.0 Å². The maximum atomic E-state index is 5.92. The van der Waals surface area contributed by atoms with Crippen LogP contribution in [0.3, 0.4) is 0 Å². The Morgan fingerprint density at radius 1 is 1.35 bits per heavy atom. The van der Waals surface area contributed by atoms with Crippen molar-refractivity contribution in [3.05, 3.63) is 30.1 Å². The van der Waals surface area contributed by atoms with E-state index in [2.05, 4.69) is 18.0 Å². The molecule has 0 aliphatic heterocycles. The second-order valence-electron chi connectivity index (χ2n) is 5.41. The van der Waals surface area contributed by atoms with E-state index >= 15 is 0 Å². The Balaban J connectivity index is 2.00. The first-order valence-electron chi connectivity index (χ1n) is 6.92. The molecule has 1 aromatic rings. The normalized spacial score (nSPS) is 29.2. The van der Waals surface area contributed by atoms with Crippen molar-refractivity contribution < 1.29 is 0 Å². The van der Waals surface area contributed by atoms with Gasteiger partial charge in [-0.1, -0.05) is 25.8 Å². The molecule has 1 fully saturated rings. The molecular weight excluding hydrogens is 208 g/mol. The van der Waals surface area contributed by atoms with E-state index in [9.17, 15) is 0 Å². The Morgan fingerprint density at radius 3 is 2.88 bits per heavy atom. The molecule has 94 valence electrons. The zero-order valence-electron chi connectivity index (χ0n) is 10.8. The lowest BCUT2D eigenvalue weighted by molar-refractivity contribution is 0.180. The molecule has 0 radical (unpaired) electrons. The van der Waals surface area contributed by atoms with Crippen LogP contribution in [0.2, 0.25) is 0 Å². The summed E-state index contributed by atoms with van der Waals surface area (Å²) in [6, 6.07) is 4.23. The number of aromatic nitrogens is 1. The van der Waals surface area contributed by atoms with Crippen molar-refractivity contribution in [1.82, 2.24) is 4.98 Å². The average Bonchev–Trinajstić information content (AvgIpc) is 2.40. The predicted molar refractivity (Wildman–Crippen MR) is 71.6 cm³/mol. The number of hydrogen-bond acceptors (Lipinski definition) is 2. The molecule has 1 aliphatic rings. The van der Waals surface area contributed by atoms with Gasteiger partial charge in [-0.15, -0.1) is 0 Å². The van der Waals surface area contributed by atoms with Crippen LogP contribution >= 0.6 is 0 Å². The SMILES string of the molecule is CCC1CCC(CN)C(Cc2cccnc2)C1. The second kappa shape index (κ2) is 6.15.